The fourth-order valence-electron chi connectivity index (χ4n) is 0.754. The Morgan fingerprint density at radius 3 is 2.55 bits per heavy atom. The first-order chi connectivity index (χ1) is 5.22. The average Bonchev–Trinajstić information content (AvgIpc) is 1.97. The van der Waals surface area contributed by atoms with Crippen LogP contribution in [0, 0.1) is 0 Å². The van der Waals surface area contributed by atoms with Gasteiger partial charge in [0.2, 0.25) is 0 Å². The molecule has 0 aromatic heterocycles. The van der Waals surface area contributed by atoms with Crippen molar-refractivity contribution in [3.8, 4) is 0 Å². The van der Waals surface area contributed by atoms with E-state index in [0.29, 0.717) is 19.0 Å². The molecule has 0 atom stereocenters. The van der Waals surface area contributed by atoms with Gasteiger partial charge in [-0.3, -0.25) is 0 Å². The van der Waals surface area contributed by atoms with Crippen molar-refractivity contribution in [1.29, 1.82) is 0 Å². The Morgan fingerprint density at radius 2 is 2.18 bits per heavy atom. The van der Waals surface area contributed by atoms with Crippen molar-refractivity contribution in [3.05, 3.63) is 0 Å². The SMILES string of the molecule is CCCCN(CCCl)C(=O)O. The predicted octanol–water partition coefficient (Wildman–Crippen LogP) is 2.01. The lowest BCUT2D eigenvalue weighted by atomic mass is 10.3. The molecule has 0 rings (SSSR count). The molecule has 0 aliphatic rings. The Balaban J connectivity index is 3.60. The number of rotatable bonds is 5. The van der Waals surface area contributed by atoms with Crippen LogP contribution < -0.4 is 0 Å². The molecule has 0 saturated carbocycles. The van der Waals surface area contributed by atoms with Crippen LogP contribution in [0.5, 0.6) is 0 Å². The average molecular weight is 180 g/mol. The highest BCUT2D eigenvalue weighted by Gasteiger charge is 2.08. The summed E-state index contributed by atoms with van der Waals surface area (Å²) in [7, 11) is 0. The molecule has 0 heterocycles. The van der Waals surface area contributed by atoms with Gasteiger partial charge in [-0.1, -0.05) is 13.3 Å². The number of hydrogen-bond acceptors (Lipinski definition) is 1. The number of hydrogen-bond donors (Lipinski definition) is 1. The fourth-order valence-corrected chi connectivity index (χ4v) is 0.958. The minimum Gasteiger partial charge on any atom is -0.465 e. The molecule has 0 aliphatic carbocycles. The minimum absolute atomic E-state index is 0.371. The summed E-state index contributed by atoms with van der Waals surface area (Å²) < 4.78 is 0. The molecule has 0 aromatic rings. The second-order valence-electron chi connectivity index (χ2n) is 2.31. The minimum atomic E-state index is -0.876. The van der Waals surface area contributed by atoms with Crippen molar-refractivity contribution < 1.29 is 9.90 Å². The standard InChI is InChI=1S/C7H14ClNO2/c1-2-3-5-9(6-4-8)7(10)11/h2-6H2,1H3,(H,10,11). The molecule has 0 fully saturated rings. The molecular formula is C7H14ClNO2. The van der Waals surface area contributed by atoms with Crippen molar-refractivity contribution in [2.45, 2.75) is 19.8 Å². The maximum atomic E-state index is 10.5. The lowest BCUT2D eigenvalue weighted by Crippen LogP contribution is -2.32. The fraction of sp³-hybridized carbons (Fsp3) is 0.857. The van der Waals surface area contributed by atoms with E-state index in [0.717, 1.165) is 12.8 Å². The summed E-state index contributed by atoms with van der Waals surface area (Å²) in [6.07, 6.45) is 1.04. The molecule has 1 N–H and O–H groups in total. The Kier molecular flexibility index (Phi) is 6.03. The van der Waals surface area contributed by atoms with Crippen LogP contribution in [0.2, 0.25) is 0 Å². The normalized spacial score (nSPS) is 9.64. The zero-order chi connectivity index (χ0) is 8.69. The van der Waals surface area contributed by atoms with Gasteiger partial charge in [0.05, 0.1) is 0 Å². The molecule has 11 heavy (non-hydrogen) atoms. The summed E-state index contributed by atoms with van der Waals surface area (Å²) in [5.74, 6) is 0.371. The molecule has 0 bridgehead atoms. The monoisotopic (exact) mass is 179 g/mol. The molecule has 0 unspecified atom stereocenters. The molecule has 0 spiro atoms. The van der Waals surface area contributed by atoms with Crippen LogP contribution in [0.1, 0.15) is 19.8 Å². The van der Waals surface area contributed by atoms with Crippen LogP contribution in [0.4, 0.5) is 4.79 Å². The van der Waals surface area contributed by atoms with Gasteiger partial charge < -0.3 is 10.0 Å². The smallest absolute Gasteiger partial charge is 0.407 e. The molecule has 3 nitrogen and oxygen atoms in total. The van der Waals surface area contributed by atoms with E-state index in [4.69, 9.17) is 16.7 Å². The first-order valence-corrected chi connectivity index (χ1v) is 4.29. The van der Waals surface area contributed by atoms with Crippen molar-refractivity contribution >= 4 is 17.7 Å². The maximum Gasteiger partial charge on any atom is 0.407 e. The van der Waals surface area contributed by atoms with Crippen molar-refractivity contribution in [2.24, 2.45) is 0 Å². The van der Waals surface area contributed by atoms with Gasteiger partial charge in [-0.25, -0.2) is 4.79 Å². The van der Waals surface area contributed by atoms with Crippen molar-refractivity contribution in [3.63, 3.8) is 0 Å². The molecule has 0 radical (unpaired) electrons. The maximum absolute atomic E-state index is 10.5. The third-order valence-corrected chi connectivity index (χ3v) is 1.58. The molecule has 4 heteroatoms. The summed E-state index contributed by atoms with van der Waals surface area (Å²) in [6, 6.07) is 0. The number of unbranched alkanes of at least 4 members (excludes halogenated alkanes) is 1. The van der Waals surface area contributed by atoms with E-state index in [1.54, 1.807) is 0 Å². The van der Waals surface area contributed by atoms with E-state index >= 15 is 0 Å². The Hall–Kier alpha value is -0.440. The van der Waals surface area contributed by atoms with Crippen LogP contribution in [-0.4, -0.2) is 35.1 Å². The number of carbonyl (C=O) groups is 1. The van der Waals surface area contributed by atoms with E-state index in [1.165, 1.54) is 4.90 Å². The second-order valence-corrected chi connectivity index (χ2v) is 2.69. The van der Waals surface area contributed by atoms with Crippen LogP contribution in [0.25, 0.3) is 0 Å². The van der Waals surface area contributed by atoms with Gasteiger partial charge >= 0.3 is 6.09 Å². The largest absolute Gasteiger partial charge is 0.465 e. The van der Waals surface area contributed by atoms with Gasteiger partial charge in [0.1, 0.15) is 0 Å². The quantitative estimate of drug-likeness (QED) is 0.656. The highest BCUT2D eigenvalue weighted by molar-refractivity contribution is 6.18. The van der Waals surface area contributed by atoms with Gasteiger partial charge in [-0.15, -0.1) is 11.6 Å². The van der Waals surface area contributed by atoms with Gasteiger partial charge in [0.25, 0.3) is 0 Å². The number of alkyl halides is 1. The number of carboxylic acid groups (broad SMARTS) is 1. The summed E-state index contributed by atoms with van der Waals surface area (Å²) in [4.78, 5) is 11.8. The number of nitrogens with zero attached hydrogens (tertiary/aromatic N) is 1. The topological polar surface area (TPSA) is 40.5 Å². The Morgan fingerprint density at radius 1 is 1.55 bits per heavy atom. The summed E-state index contributed by atoms with van der Waals surface area (Å²) in [5, 5.41) is 8.60. The third-order valence-electron chi connectivity index (χ3n) is 1.41. The molecule has 66 valence electrons. The van der Waals surface area contributed by atoms with Crippen LogP contribution >= 0.6 is 11.6 Å². The molecule has 0 saturated heterocycles. The summed E-state index contributed by atoms with van der Waals surface area (Å²) >= 11 is 5.41. The summed E-state index contributed by atoms with van der Waals surface area (Å²) in [5.41, 5.74) is 0. The van der Waals surface area contributed by atoms with E-state index in [1.807, 2.05) is 6.92 Å². The molecule has 0 aliphatic heterocycles. The van der Waals surface area contributed by atoms with Crippen molar-refractivity contribution in [2.75, 3.05) is 19.0 Å². The van der Waals surface area contributed by atoms with E-state index in [2.05, 4.69) is 0 Å². The zero-order valence-electron chi connectivity index (χ0n) is 6.72. The van der Waals surface area contributed by atoms with Gasteiger partial charge in [-0.05, 0) is 6.42 Å². The highest BCUT2D eigenvalue weighted by atomic mass is 35.5. The van der Waals surface area contributed by atoms with Gasteiger partial charge in [0, 0.05) is 19.0 Å². The number of amides is 1. The first-order valence-electron chi connectivity index (χ1n) is 3.76. The second kappa shape index (κ2) is 6.28. The first kappa shape index (κ1) is 10.6. The molecular weight excluding hydrogens is 166 g/mol. The van der Waals surface area contributed by atoms with Crippen LogP contribution in [0.15, 0.2) is 0 Å². The van der Waals surface area contributed by atoms with E-state index in [9.17, 15) is 4.79 Å². The Labute approximate surface area is 71.9 Å². The predicted molar refractivity (Wildman–Crippen MR) is 45.2 cm³/mol. The molecule has 0 aromatic carbocycles. The van der Waals surface area contributed by atoms with Gasteiger partial charge in [0.15, 0.2) is 0 Å². The van der Waals surface area contributed by atoms with Gasteiger partial charge in [-0.2, -0.15) is 0 Å². The number of halogens is 1. The molecule has 1 amide bonds. The summed E-state index contributed by atoms with van der Waals surface area (Å²) in [6.45, 7) is 3.05. The zero-order valence-corrected chi connectivity index (χ0v) is 7.47. The third kappa shape index (κ3) is 4.90. The Bertz CT molecular complexity index is 119. The van der Waals surface area contributed by atoms with E-state index in [-0.39, 0.29) is 0 Å². The lowest BCUT2D eigenvalue weighted by Gasteiger charge is -2.16. The highest BCUT2D eigenvalue weighted by Crippen LogP contribution is 1.95. The van der Waals surface area contributed by atoms with Crippen molar-refractivity contribution in [1.82, 2.24) is 4.90 Å². The van der Waals surface area contributed by atoms with Crippen LogP contribution in [-0.2, 0) is 0 Å². The van der Waals surface area contributed by atoms with E-state index < -0.39 is 6.09 Å². The lowest BCUT2D eigenvalue weighted by molar-refractivity contribution is 0.147. The van der Waals surface area contributed by atoms with Crippen LogP contribution in [0.3, 0.4) is 0 Å².